The molecule has 0 amide bonds. The lowest BCUT2D eigenvalue weighted by atomic mass is 10.4. The number of aryl methyl sites for hydroxylation is 1. The molecule has 0 aliphatic rings. The second-order valence-electron chi connectivity index (χ2n) is 3.05. The molecule has 74 valence electrons. The molecule has 0 aliphatic heterocycles. The summed E-state index contributed by atoms with van der Waals surface area (Å²) < 4.78 is 0. The van der Waals surface area contributed by atoms with Crippen molar-refractivity contribution in [2.45, 2.75) is 32.9 Å². The van der Waals surface area contributed by atoms with Gasteiger partial charge in [-0.2, -0.15) is 0 Å². The zero-order valence-corrected chi connectivity index (χ0v) is 8.90. The summed E-state index contributed by atoms with van der Waals surface area (Å²) in [6, 6.07) is 0. The summed E-state index contributed by atoms with van der Waals surface area (Å²) in [7, 11) is 0. The number of thiazole rings is 1. The summed E-state index contributed by atoms with van der Waals surface area (Å²) in [6.45, 7) is 5.32. The fraction of sp³-hybridized carbons (Fsp3) is 0.667. The number of hydrogen-bond acceptors (Lipinski definition) is 4. The van der Waals surface area contributed by atoms with E-state index in [1.807, 2.05) is 6.20 Å². The molecule has 1 unspecified atom stereocenters. The lowest BCUT2D eigenvalue weighted by Gasteiger charge is -2.03. The Hall–Kier alpha value is -0.450. The quantitative estimate of drug-likeness (QED) is 0.750. The lowest BCUT2D eigenvalue weighted by molar-refractivity contribution is 0.191. The van der Waals surface area contributed by atoms with E-state index in [1.54, 1.807) is 18.3 Å². The number of aliphatic hydroxyl groups is 1. The molecule has 0 spiro atoms. The zero-order valence-electron chi connectivity index (χ0n) is 8.08. The van der Waals surface area contributed by atoms with Gasteiger partial charge in [-0.3, -0.25) is 0 Å². The van der Waals surface area contributed by atoms with Crippen molar-refractivity contribution in [1.82, 2.24) is 10.3 Å². The van der Waals surface area contributed by atoms with Gasteiger partial charge in [0.15, 0.2) is 0 Å². The number of rotatable bonds is 5. The molecule has 0 saturated heterocycles. The SMILES string of the molecule is CCc1ncc(CNCC(C)O)s1. The van der Waals surface area contributed by atoms with Crippen LogP contribution in [0.15, 0.2) is 6.20 Å². The molecule has 0 aliphatic carbocycles. The molecule has 1 atom stereocenters. The summed E-state index contributed by atoms with van der Waals surface area (Å²) in [6.07, 6.45) is 2.62. The number of nitrogens with zero attached hydrogens (tertiary/aromatic N) is 1. The highest BCUT2D eigenvalue weighted by Crippen LogP contribution is 2.12. The summed E-state index contributed by atoms with van der Waals surface area (Å²) in [5, 5.41) is 13.3. The van der Waals surface area contributed by atoms with Gasteiger partial charge in [-0.25, -0.2) is 4.98 Å². The Labute approximate surface area is 82.8 Å². The molecule has 0 radical (unpaired) electrons. The first kappa shape index (κ1) is 10.6. The molecule has 0 fully saturated rings. The maximum atomic E-state index is 9.01. The fourth-order valence-electron chi connectivity index (χ4n) is 0.997. The minimum absolute atomic E-state index is 0.279. The molecule has 13 heavy (non-hydrogen) atoms. The van der Waals surface area contributed by atoms with Crippen LogP contribution < -0.4 is 5.32 Å². The first-order valence-corrected chi connectivity index (χ1v) is 5.36. The molecule has 4 heteroatoms. The Kier molecular flexibility index (Phi) is 4.35. The van der Waals surface area contributed by atoms with Gasteiger partial charge in [0.1, 0.15) is 0 Å². The predicted molar refractivity (Wildman–Crippen MR) is 54.9 cm³/mol. The normalized spacial score (nSPS) is 13.2. The van der Waals surface area contributed by atoms with Crippen LogP contribution in [0.1, 0.15) is 23.7 Å². The molecular formula is C9H16N2OS. The molecular weight excluding hydrogens is 184 g/mol. The molecule has 3 nitrogen and oxygen atoms in total. The van der Waals surface area contributed by atoms with Crippen molar-refractivity contribution in [1.29, 1.82) is 0 Å². The monoisotopic (exact) mass is 200 g/mol. The maximum absolute atomic E-state index is 9.01. The third-order valence-electron chi connectivity index (χ3n) is 1.64. The van der Waals surface area contributed by atoms with Crippen LogP contribution in [0.2, 0.25) is 0 Å². The molecule has 0 saturated carbocycles. The highest BCUT2D eigenvalue weighted by atomic mass is 32.1. The third kappa shape index (κ3) is 3.85. The predicted octanol–water partition coefficient (Wildman–Crippen LogP) is 1.18. The smallest absolute Gasteiger partial charge is 0.0925 e. The van der Waals surface area contributed by atoms with Crippen LogP contribution in [0.5, 0.6) is 0 Å². The second kappa shape index (κ2) is 5.32. The minimum Gasteiger partial charge on any atom is -0.392 e. The van der Waals surface area contributed by atoms with Crippen molar-refractivity contribution < 1.29 is 5.11 Å². The molecule has 2 N–H and O–H groups in total. The standard InChI is InChI=1S/C9H16N2OS/c1-3-9-11-6-8(13-9)5-10-4-7(2)12/h6-7,10,12H,3-5H2,1-2H3. The van der Waals surface area contributed by atoms with Crippen molar-refractivity contribution in [2.24, 2.45) is 0 Å². The van der Waals surface area contributed by atoms with Gasteiger partial charge >= 0.3 is 0 Å². The Bertz CT molecular complexity index is 248. The molecule has 0 bridgehead atoms. The largest absolute Gasteiger partial charge is 0.392 e. The molecule has 1 heterocycles. The summed E-state index contributed by atoms with van der Waals surface area (Å²) in [5.74, 6) is 0. The van der Waals surface area contributed by atoms with Crippen LogP contribution >= 0.6 is 11.3 Å². The van der Waals surface area contributed by atoms with Gasteiger partial charge in [0.25, 0.3) is 0 Å². The van der Waals surface area contributed by atoms with Gasteiger partial charge < -0.3 is 10.4 Å². The van der Waals surface area contributed by atoms with E-state index in [0.717, 1.165) is 13.0 Å². The number of aromatic nitrogens is 1. The van der Waals surface area contributed by atoms with E-state index in [9.17, 15) is 0 Å². The molecule has 1 rings (SSSR count). The van der Waals surface area contributed by atoms with Crippen LogP contribution in [-0.4, -0.2) is 22.7 Å². The van der Waals surface area contributed by atoms with Crippen LogP contribution in [0.3, 0.4) is 0 Å². The molecule has 1 aromatic heterocycles. The van der Waals surface area contributed by atoms with E-state index in [-0.39, 0.29) is 6.10 Å². The van der Waals surface area contributed by atoms with Crippen molar-refractivity contribution in [3.05, 3.63) is 16.1 Å². The zero-order chi connectivity index (χ0) is 9.68. The van der Waals surface area contributed by atoms with Crippen molar-refractivity contribution >= 4 is 11.3 Å². The Balaban J connectivity index is 2.28. The Morgan fingerprint density at radius 3 is 3.00 bits per heavy atom. The summed E-state index contributed by atoms with van der Waals surface area (Å²) in [5.41, 5.74) is 0. The minimum atomic E-state index is -0.279. The summed E-state index contributed by atoms with van der Waals surface area (Å²) in [4.78, 5) is 5.48. The van der Waals surface area contributed by atoms with E-state index in [4.69, 9.17) is 5.11 Å². The number of hydrogen-bond donors (Lipinski definition) is 2. The van der Waals surface area contributed by atoms with Gasteiger partial charge in [-0.15, -0.1) is 11.3 Å². The van der Waals surface area contributed by atoms with Crippen molar-refractivity contribution in [3.63, 3.8) is 0 Å². The van der Waals surface area contributed by atoms with Crippen molar-refractivity contribution in [2.75, 3.05) is 6.54 Å². The van der Waals surface area contributed by atoms with E-state index < -0.39 is 0 Å². The number of aliphatic hydroxyl groups excluding tert-OH is 1. The van der Waals surface area contributed by atoms with Gasteiger partial charge in [0.2, 0.25) is 0 Å². The van der Waals surface area contributed by atoms with Crippen LogP contribution in [-0.2, 0) is 13.0 Å². The van der Waals surface area contributed by atoms with Gasteiger partial charge in [0, 0.05) is 24.2 Å². The van der Waals surface area contributed by atoms with Gasteiger partial charge in [0.05, 0.1) is 11.1 Å². The van der Waals surface area contributed by atoms with E-state index in [2.05, 4.69) is 17.2 Å². The molecule has 1 aromatic rings. The average molecular weight is 200 g/mol. The highest BCUT2D eigenvalue weighted by molar-refractivity contribution is 7.11. The first-order chi connectivity index (χ1) is 6.22. The lowest BCUT2D eigenvalue weighted by Crippen LogP contribution is -2.23. The fourth-order valence-corrected chi connectivity index (χ4v) is 1.83. The van der Waals surface area contributed by atoms with Crippen LogP contribution in [0.4, 0.5) is 0 Å². The molecule has 0 aromatic carbocycles. The van der Waals surface area contributed by atoms with Crippen molar-refractivity contribution in [3.8, 4) is 0 Å². The Morgan fingerprint density at radius 2 is 2.46 bits per heavy atom. The van der Waals surface area contributed by atoms with Crippen LogP contribution in [0.25, 0.3) is 0 Å². The van der Waals surface area contributed by atoms with E-state index in [0.29, 0.717) is 6.54 Å². The average Bonchev–Trinajstić information content (AvgIpc) is 2.52. The first-order valence-electron chi connectivity index (χ1n) is 4.54. The van der Waals surface area contributed by atoms with E-state index in [1.165, 1.54) is 9.88 Å². The van der Waals surface area contributed by atoms with Crippen LogP contribution in [0, 0.1) is 0 Å². The van der Waals surface area contributed by atoms with Gasteiger partial charge in [-0.05, 0) is 13.3 Å². The second-order valence-corrected chi connectivity index (χ2v) is 4.25. The topological polar surface area (TPSA) is 45.2 Å². The number of nitrogens with one attached hydrogen (secondary N) is 1. The Morgan fingerprint density at radius 1 is 1.69 bits per heavy atom. The maximum Gasteiger partial charge on any atom is 0.0925 e. The van der Waals surface area contributed by atoms with E-state index >= 15 is 0 Å². The summed E-state index contributed by atoms with van der Waals surface area (Å²) >= 11 is 1.73. The highest BCUT2D eigenvalue weighted by Gasteiger charge is 2.00. The van der Waals surface area contributed by atoms with Gasteiger partial charge in [-0.1, -0.05) is 6.92 Å². The third-order valence-corrected chi connectivity index (χ3v) is 2.78.